The van der Waals surface area contributed by atoms with Gasteiger partial charge in [-0.3, -0.25) is 4.85 Å². The predicted octanol–water partition coefficient (Wildman–Crippen LogP) is 4.56. The molecule has 0 heterocycles. The molecule has 2 aromatic carbocycles. The number of nitrogens with one attached hydrogen (secondary N) is 1. The van der Waals surface area contributed by atoms with Gasteiger partial charge in [0.05, 0.1) is 0 Å². The molecule has 2 aromatic rings. The van der Waals surface area contributed by atoms with Crippen LogP contribution in [0.1, 0.15) is 19.3 Å². The predicted molar refractivity (Wildman–Crippen MR) is 78.7 cm³/mol. The minimum absolute atomic E-state index is 0.370. The van der Waals surface area contributed by atoms with Gasteiger partial charge < -0.3 is 5.32 Å². The van der Waals surface area contributed by atoms with E-state index in [9.17, 15) is 0 Å². The molecular formula is C17H16N2. The van der Waals surface area contributed by atoms with Gasteiger partial charge in [0.15, 0.2) is 0 Å². The van der Waals surface area contributed by atoms with Crippen LogP contribution in [0.2, 0.25) is 0 Å². The van der Waals surface area contributed by atoms with Gasteiger partial charge in [0.1, 0.15) is 0 Å². The van der Waals surface area contributed by atoms with Gasteiger partial charge in [0.2, 0.25) is 0 Å². The molecule has 1 aliphatic carbocycles. The number of benzene rings is 2. The second kappa shape index (κ2) is 4.78. The first-order valence-electron chi connectivity index (χ1n) is 6.64. The minimum atomic E-state index is -0.370. The molecule has 2 heteroatoms. The Hall–Kier alpha value is -2.27. The number of hydrogen-bond donors (Lipinski definition) is 1. The minimum Gasteiger partial charge on any atom is -0.314 e. The van der Waals surface area contributed by atoms with Gasteiger partial charge in [-0.15, -0.1) is 0 Å². The van der Waals surface area contributed by atoms with Crippen LogP contribution in [0.4, 0.5) is 5.69 Å². The van der Waals surface area contributed by atoms with Crippen molar-refractivity contribution in [2.75, 3.05) is 5.32 Å². The third-order valence-corrected chi connectivity index (χ3v) is 3.77. The molecule has 2 nitrogen and oxygen atoms in total. The lowest BCUT2D eigenvalue weighted by Gasteiger charge is -2.32. The summed E-state index contributed by atoms with van der Waals surface area (Å²) in [5.74, 6) is 0. The third kappa shape index (κ3) is 2.20. The quantitative estimate of drug-likeness (QED) is 0.787. The van der Waals surface area contributed by atoms with E-state index in [1.165, 1.54) is 5.56 Å². The summed E-state index contributed by atoms with van der Waals surface area (Å²) in [6.07, 6.45) is 3.03. The lowest BCUT2D eigenvalue weighted by molar-refractivity contribution is 0.343. The van der Waals surface area contributed by atoms with E-state index < -0.39 is 0 Å². The highest BCUT2D eigenvalue weighted by Crippen LogP contribution is 2.39. The van der Waals surface area contributed by atoms with Crippen molar-refractivity contribution in [2.45, 2.75) is 24.9 Å². The van der Waals surface area contributed by atoms with E-state index in [0.29, 0.717) is 0 Å². The van der Waals surface area contributed by atoms with Gasteiger partial charge in [-0.05, 0) is 18.1 Å². The molecule has 1 N–H and O–H groups in total. The molecule has 19 heavy (non-hydrogen) atoms. The lowest BCUT2D eigenvalue weighted by atomic mass is 9.85. The monoisotopic (exact) mass is 248 g/mol. The van der Waals surface area contributed by atoms with E-state index in [0.717, 1.165) is 30.5 Å². The van der Waals surface area contributed by atoms with Crippen LogP contribution >= 0.6 is 0 Å². The maximum atomic E-state index is 7.39. The Labute approximate surface area is 113 Å². The van der Waals surface area contributed by atoms with Gasteiger partial charge >= 0.3 is 5.66 Å². The van der Waals surface area contributed by atoms with Crippen LogP contribution in [-0.2, 0) is 0 Å². The molecule has 0 aromatic heterocycles. The highest BCUT2D eigenvalue weighted by atomic mass is 15.1. The van der Waals surface area contributed by atoms with Crippen molar-refractivity contribution >= 4 is 5.69 Å². The van der Waals surface area contributed by atoms with Gasteiger partial charge in [0, 0.05) is 24.1 Å². The van der Waals surface area contributed by atoms with Crippen LogP contribution in [0.15, 0.2) is 54.6 Å². The molecule has 0 atom stereocenters. The Kier molecular flexibility index (Phi) is 2.97. The van der Waals surface area contributed by atoms with Crippen molar-refractivity contribution in [3.8, 4) is 11.1 Å². The fraction of sp³-hybridized carbons (Fsp3) is 0.235. The summed E-state index contributed by atoms with van der Waals surface area (Å²) in [5, 5.41) is 3.45. The Balaban J connectivity index is 1.97. The first-order chi connectivity index (χ1) is 9.33. The van der Waals surface area contributed by atoms with Crippen LogP contribution in [-0.4, -0.2) is 5.66 Å². The Morgan fingerprint density at radius 1 is 0.947 bits per heavy atom. The van der Waals surface area contributed by atoms with E-state index in [1.54, 1.807) is 0 Å². The van der Waals surface area contributed by atoms with E-state index in [2.05, 4.69) is 34.4 Å². The molecule has 0 radical (unpaired) electrons. The van der Waals surface area contributed by atoms with Crippen molar-refractivity contribution < 1.29 is 0 Å². The number of nitrogens with zero attached hydrogens (tertiary/aromatic N) is 1. The van der Waals surface area contributed by atoms with Crippen molar-refractivity contribution in [3.63, 3.8) is 0 Å². The highest BCUT2D eigenvalue weighted by molar-refractivity contribution is 5.78. The van der Waals surface area contributed by atoms with Gasteiger partial charge in [-0.2, -0.15) is 0 Å². The molecule has 0 unspecified atom stereocenters. The van der Waals surface area contributed by atoms with E-state index in [4.69, 9.17) is 6.57 Å². The molecule has 0 aliphatic heterocycles. The number of rotatable bonds is 3. The standard InChI is InChI=1S/C17H16N2/c1-18-17(12-7-13-17)19-16-11-6-5-10-15(16)14-8-3-2-4-9-14/h2-6,8-11,19H,7,12-13H2. The molecule has 94 valence electrons. The van der Waals surface area contributed by atoms with Crippen molar-refractivity contribution in [2.24, 2.45) is 0 Å². The smallest absolute Gasteiger partial charge is 0.305 e. The van der Waals surface area contributed by atoms with Crippen LogP contribution < -0.4 is 5.32 Å². The number of hydrogen-bond acceptors (Lipinski definition) is 1. The largest absolute Gasteiger partial charge is 0.314 e. The molecule has 1 saturated carbocycles. The van der Waals surface area contributed by atoms with E-state index in [-0.39, 0.29) is 5.66 Å². The summed E-state index contributed by atoms with van der Waals surface area (Å²) in [5.41, 5.74) is 3.04. The Bertz CT molecular complexity index is 607. The van der Waals surface area contributed by atoms with Crippen LogP contribution in [0.25, 0.3) is 16.0 Å². The summed E-state index contributed by atoms with van der Waals surface area (Å²) in [4.78, 5) is 3.79. The summed E-state index contributed by atoms with van der Waals surface area (Å²) in [6, 6.07) is 18.5. The average molecular weight is 248 g/mol. The van der Waals surface area contributed by atoms with Gasteiger partial charge in [-0.1, -0.05) is 48.5 Å². The van der Waals surface area contributed by atoms with E-state index in [1.807, 2.05) is 30.3 Å². The summed E-state index contributed by atoms with van der Waals surface area (Å²) >= 11 is 0. The van der Waals surface area contributed by atoms with E-state index >= 15 is 0 Å². The normalized spacial score (nSPS) is 16.2. The highest BCUT2D eigenvalue weighted by Gasteiger charge is 2.44. The van der Waals surface area contributed by atoms with Crippen LogP contribution in [0.5, 0.6) is 0 Å². The molecule has 0 amide bonds. The molecule has 0 bridgehead atoms. The van der Waals surface area contributed by atoms with Crippen LogP contribution in [0.3, 0.4) is 0 Å². The number of anilines is 1. The van der Waals surface area contributed by atoms with Gasteiger partial charge in [-0.25, -0.2) is 6.57 Å². The first-order valence-corrected chi connectivity index (χ1v) is 6.64. The summed E-state index contributed by atoms with van der Waals surface area (Å²) in [6.45, 7) is 7.39. The van der Waals surface area contributed by atoms with Gasteiger partial charge in [0.25, 0.3) is 0 Å². The zero-order valence-electron chi connectivity index (χ0n) is 10.8. The topological polar surface area (TPSA) is 16.4 Å². The zero-order chi connectivity index (χ0) is 13.1. The zero-order valence-corrected chi connectivity index (χ0v) is 10.8. The summed E-state index contributed by atoms with van der Waals surface area (Å²) in [7, 11) is 0. The maximum Gasteiger partial charge on any atom is 0.305 e. The van der Waals surface area contributed by atoms with Crippen molar-refractivity contribution in [1.82, 2.24) is 0 Å². The fourth-order valence-electron chi connectivity index (χ4n) is 2.49. The fourth-order valence-corrected chi connectivity index (χ4v) is 2.49. The first kappa shape index (κ1) is 11.8. The molecular weight excluding hydrogens is 232 g/mol. The van der Waals surface area contributed by atoms with Crippen LogP contribution in [0, 0.1) is 6.57 Å². The average Bonchev–Trinajstić information content (AvgIpc) is 2.44. The number of para-hydroxylation sites is 1. The Morgan fingerprint density at radius 2 is 1.63 bits per heavy atom. The lowest BCUT2D eigenvalue weighted by Crippen LogP contribution is -2.41. The molecule has 0 saturated heterocycles. The second-order valence-corrected chi connectivity index (χ2v) is 5.03. The third-order valence-electron chi connectivity index (χ3n) is 3.77. The van der Waals surface area contributed by atoms with Crippen molar-refractivity contribution in [1.29, 1.82) is 0 Å². The van der Waals surface area contributed by atoms with Crippen molar-refractivity contribution in [3.05, 3.63) is 66.0 Å². The summed E-state index contributed by atoms with van der Waals surface area (Å²) < 4.78 is 0. The Morgan fingerprint density at radius 3 is 2.26 bits per heavy atom. The maximum absolute atomic E-state index is 7.39. The molecule has 1 fully saturated rings. The molecule has 0 spiro atoms. The second-order valence-electron chi connectivity index (χ2n) is 5.03. The molecule has 1 aliphatic rings. The SMILES string of the molecule is [C-]#[N+]C1(Nc2ccccc2-c2ccccc2)CCC1. The molecule has 3 rings (SSSR count).